The Hall–Kier alpha value is -1.86. The first kappa shape index (κ1) is 19.9. The van der Waals surface area contributed by atoms with Crippen LogP contribution in [0.5, 0.6) is 0 Å². The van der Waals surface area contributed by atoms with Crippen LogP contribution in [0, 0.1) is 5.41 Å². The number of hydrogen-bond acceptors (Lipinski definition) is 3. The van der Waals surface area contributed by atoms with E-state index in [0.29, 0.717) is 22.4 Å². The molecular formula is C20H21F3O3S. The number of aryl methyl sites for hydroxylation is 1. The second kappa shape index (κ2) is 6.95. The third-order valence-electron chi connectivity index (χ3n) is 4.97. The molecule has 1 aliphatic rings. The summed E-state index contributed by atoms with van der Waals surface area (Å²) in [6.07, 6.45) is -2.07. The smallest absolute Gasteiger partial charge is 0.416 e. The number of fused-ring (bicyclic) bond motifs is 1. The number of carboxylic acids is 1. The molecule has 0 spiro atoms. The normalized spacial score (nSPS) is 16.2. The van der Waals surface area contributed by atoms with Gasteiger partial charge in [-0.1, -0.05) is 19.9 Å². The van der Waals surface area contributed by atoms with E-state index in [-0.39, 0.29) is 17.6 Å². The van der Waals surface area contributed by atoms with Gasteiger partial charge in [-0.2, -0.15) is 13.2 Å². The summed E-state index contributed by atoms with van der Waals surface area (Å²) < 4.78 is 44.3. The van der Waals surface area contributed by atoms with Crippen molar-refractivity contribution in [1.82, 2.24) is 0 Å². The van der Waals surface area contributed by atoms with Gasteiger partial charge in [-0.25, -0.2) is 4.79 Å². The number of carbonyl (C=O) groups is 1. The lowest BCUT2D eigenvalue weighted by Gasteiger charge is -2.29. The van der Waals surface area contributed by atoms with Crippen LogP contribution in [0.2, 0.25) is 0 Å². The van der Waals surface area contributed by atoms with Crippen molar-refractivity contribution in [3.8, 4) is 10.4 Å². The van der Waals surface area contributed by atoms with Gasteiger partial charge >= 0.3 is 12.1 Å². The minimum Gasteiger partial charge on any atom is -0.478 e. The van der Waals surface area contributed by atoms with E-state index in [4.69, 9.17) is 4.74 Å². The van der Waals surface area contributed by atoms with Gasteiger partial charge in [-0.15, -0.1) is 11.3 Å². The number of alkyl halides is 3. The van der Waals surface area contributed by atoms with E-state index in [2.05, 4.69) is 13.8 Å². The number of carboxylic acid groups (broad SMARTS) is 1. The molecule has 0 saturated carbocycles. The monoisotopic (exact) mass is 398 g/mol. The Kier molecular flexibility index (Phi) is 5.12. The van der Waals surface area contributed by atoms with Crippen LogP contribution in [0.3, 0.4) is 0 Å². The summed E-state index contributed by atoms with van der Waals surface area (Å²) in [6.45, 7) is 4.19. The molecule has 0 amide bonds. The molecule has 0 aliphatic heterocycles. The fourth-order valence-electron chi connectivity index (χ4n) is 3.60. The van der Waals surface area contributed by atoms with Crippen LogP contribution in [-0.2, 0) is 30.4 Å². The standard InChI is InChI=1S/C20H21F3O3S/c1-19(2)7-6-15-14(9-19)16(18(24)25)17(27-15)13-5-4-12(20(21,22)23)8-11(13)10-26-3/h4-5,8H,6-7,9-10H2,1-3H3,(H,24,25). The van der Waals surface area contributed by atoms with Crippen LogP contribution >= 0.6 is 11.3 Å². The van der Waals surface area contributed by atoms with Crippen molar-refractivity contribution in [3.63, 3.8) is 0 Å². The van der Waals surface area contributed by atoms with E-state index < -0.39 is 17.7 Å². The van der Waals surface area contributed by atoms with E-state index in [1.807, 2.05) is 0 Å². The Morgan fingerprint density at radius 2 is 2.04 bits per heavy atom. The van der Waals surface area contributed by atoms with Crippen LogP contribution in [0.25, 0.3) is 10.4 Å². The highest BCUT2D eigenvalue weighted by Gasteiger charge is 2.35. The summed E-state index contributed by atoms with van der Waals surface area (Å²) in [5.41, 5.74) is 1.12. The predicted molar refractivity (Wildman–Crippen MR) is 98.2 cm³/mol. The Morgan fingerprint density at radius 3 is 2.63 bits per heavy atom. The highest BCUT2D eigenvalue weighted by Crippen LogP contribution is 2.46. The summed E-state index contributed by atoms with van der Waals surface area (Å²) in [5.74, 6) is -1.04. The van der Waals surface area contributed by atoms with Crippen LogP contribution in [0.15, 0.2) is 18.2 Å². The molecule has 1 aromatic carbocycles. The molecule has 0 saturated heterocycles. The largest absolute Gasteiger partial charge is 0.478 e. The summed E-state index contributed by atoms with van der Waals surface area (Å²) in [7, 11) is 1.41. The zero-order valence-corrected chi connectivity index (χ0v) is 16.2. The maximum absolute atomic E-state index is 13.1. The Labute approximate surface area is 159 Å². The van der Waals surface area contributed by atoms with Crippen molar-refractivity contribution in [1.29, 1.82) is 0 Å². The second-order valence-electron chi connectivity index (χ2n) is 7.66. The summed E-state index contributed by atoms with van der Waals surface area (Å²) in [6, 6.07) is 3.42. The lowest BCUT2D eigenvalue weighted by atomic mass is 9.76. The van der Waals surface area contributed by atoms with Crippen molar-refractivity contribution in [2.24, 2.45) is 5.41 Å². The van der Waals surface area contributed by atoms with Gasteiger partial charge in [0.15, 0.2) is 0 Å². The molecule has 1 aliphatic carbocycles. The van der Waals surface area contributed by atoms with Crippen molar-refractivity contribution < 1.29 is 27.8 Å². The van der Waals surface area contributed by atoms with Crippen molar-refractivity contribution in [2.45, 2.75) is 45.9 Å². The van der Waals surface area contributed by atoms with Gasteiger partial charge in [0.05, 0.1) is 17.7 Å². The van der Waals surface area contributed by atoms with Crippen LogP contribution in [0.4, 0.5) is 13.2 Å². The average molecular weight is 398 g/mol. The molecule has 0 unspecified atom stereocenters. The minimum atomic E-state index is -4.46. The number of thiophene rings is 1. The molecule has 0 bridgehead atoms. The number of methoxy groups -OCH3 is 1. The first-order chi connectivity index (χ1) is 12.5. The number of rotatable bonds is 4. The van der Waals surface area contributed by atoms with Crippen molar-refractivity contribution in [3.05, 3.63) is 45.3 Å². The van der Waals surface area contributed by atoms with Gasteiger partial charge in [0.2, 0.25) is 0 Å². The molecule has 1 heterocycles. The van der Waals surface area contributed by atoms with E-state index in [1.54, 1.807) is 0 Å². The lowest BCUT2D eigenvalue weighted by molar-refractivity contribution is -0.137. The van der Waals surface area contributed by atoms with Gasteiger partial charge in [0, 0.05) is 16.9 Å². The van der Waals surface area contributed by atoms with E-state index in [9.17, 15) is 23.1 Å². The molecular weight excluding hydrogens is 377 g/mol. The second-order valence-corrected chi connectivity index (χ2v) is 8.76. The predicted octanol–water partition coefficient (Wildman–Crippen LogP) is 5.79. The van der Waals surface area contributed by atoms with Crippen LogP contribution in [0.1, 0.15) is 52.2 Å². The van der Waals surface area contributed by atoms with Gasteiger partial charge < -0.3 is 9.84 Å². The Bertz CT molecular complexity index is 881. The maximum atomic E-state index is 13.1. The Morgan fingerprint density at radius 1 is 1.33 bits per heavy atom. The molecule has 7 heteroatoms. The topological polar surface area (TPSA) is 46.5 Å². The van der Waals surface area contributed by atoms with E-state index in [1.165, 1.54) is 24.5 Å². The fourth-order valence-corrected chi connectivity index (χ4v) is 4.97. The lowest BCUT2D eigenvalue weighted by Crippen LogP contribution is -2.22. The zero-order chi connectivity index (χ0) is 20.0. The minimum absolute atomic E-state index is 0.00500. The molecule has 3 rings (SSSR count). The molecule has 1 N–H and O–H groups in total. The SMILES string of the molecule is COCc1cc(C(F)(F)F)ccc1-c1sc2c(c1C(=O)O)CC(C)(C)CC2. The van der Waals surface area contributed by atoms with Gasteiger partial charge in [0.1, 0.15) is 0 Å². The number of halogens is 3. The molecule has 27 heavy (non-hydrogen) atoms. The summed E-state index contributed by atoms with van der Waals surface area (Å²) in [5, 5.41) is 9.84. The average Bonchev–Trinajstić information content (AvgIpc) is 2.91. The maximum Gasteiger partial charge on any atom is 0.416 e. The molecule has 146 valence electrons. The highest BCUT2D eigenvalue weighted by molar-refractivity contribution is 7.16. The third kappa shape index (κ3) is 3.89. The highest BCUT2D eigenvalue weighted by atomic mass is 32.1. The molecule has 0 atom stereocenters. The molecule has 0 radical (unpaired) electrons. The summed E-state index contributed by atoms with van der Waals surface area (Å²) in [4.78, 5) is 13.6. The van der Waals surface area contributed by atoms with E-state index in [0.717, 1.165) is 35.4 Å². The first-order valence-electron chi connectivity index (χ1n) is 8.61. The number of hydrogen-bond donors (Lipinski definition) is 1. The third-order valence-corrected chi connectivity index (χ3v) is 6.29. The van der Waals surface area contributed by atoms with Gasteiger partial charge in [-0.05, 0) is 53.5 Å². The number of benzene rings is 1. The molecule has 2 aromatic rings. The molecule has 3 nitrogen and oxygen atoms in total. The van der Waals surface area contributed by atoms with Gasteiger partial charge in [-0.3, -0.25) is 0 Å². The molecule has 0 fully saturated rings. The van der Waals surface area contributed by atoms with Crippen LogP contribution < -0.4 is 0 Å². The Balaban J connectivity index is 2.19. The zero-order valence-electron chi connectivity index (χ0n) is 15.4. The number of ether oxygens (including phenoxy) is 1. The van der Waals surface area contributed by atoms with Gasteiger partial charge in [0.25, 0.3) is 0 Å². The quantitative estimate of drug-likeness (QED) is 0.709. The number of aromatic carboxylic acids is 1. The fraction of sp³-hybridized carbons (Fsp3) is 0.450. The van der Waals surface area contributed by atoms with Crippen molar-refractivity contribution >= 4 is 17.3 Å². The van der Waals surface area contributed by atoms with E-state index >= 15 is 0 Å². The molecule has 1 aromatic heterocycles. The summed E-state index contributed by atoms with van der Waals surface area (Å²) >= 11 is 1.38. The van der Waals surface area contributed by atoms with Crippen LogP contribution in [-0.4, -0.2) is 18.2 Å². The van der Waals surface area contributed by atoms with Crippen molar-refractivity contribution in [2.75, 3.05) is 7.11 Å². The first-order valence-corrected chi connectivity index (χ1v) is 9.42.